The van der Waals surface area contributed by atoms with Gasteiger partial charge in [0.05, 0.1) is 35.0 Å². The zero-order valence-electron chi connectivity index (χ0n) is 14.3. The molecule has 0 atom stereocenters. The van der Waals surface area contributed by atoms with E-state index in [1.165, 1.54) is 25.4 Å². The molecule has 0 saturated carbocycles. The first-order chi connectivity index (χ1) is 11.9. The van der Waals surface area contributed by atoms with Crippen LogP contribution in [0.3, 0.4) is 0 Å². The van der Waals surface area contributed by atoms with Gasteiger partial charge in [-0.25, -0.2) is 0 Å². The predicted molar refractivity (Wildman–Crippen MR) is 93.1 cm³/mol. The first kappa shape index (κ1) is 17.9. The Morgan fingerprint density at radius 1 is 1.44 bits per heavy atom. The third-order valence-corrected chi connectivity index (χ3v) is 3.50. The van der Waals surface area contributed by atoms with Crippen LogP contribution in [0.25, 0.3) is 0 Å². The van der Waals surface area contributed by atoms with Crippen LogP contribution in [0.2, 0.25) is 0 Å². The van der Waals surface area contributed by atoms with E-state index in [1.54, 1.807) is 37.2 Å². The number of rotatable bonds is 5. The summed E-state index contributed by atoms with van der Waals surface area (Å²) in [5, 5.41) is 20.8. The number of pyridine rings is 1. The SMILES string of the molecule is C=N/C=C1/C=C(NC(=O)c2cccc(OC)[n+]2O)C(N(C)C)=CC1=N. The third kappa shape index (κ3) is 3.74. The van der Waals surface area contributed by atoms with E-state index in [0.717, 1.165) is 0 Å². The molecular weight excluding hydrogens is 322 g/mol. The average molecular weight is 342 g/mol. The Kier molecular flexibility index (Phi) is 5.33. The van der Waals surface area contributed by atoms with Crippen molar-refractivity contribution >= 4 is 18.3 Å². The molecule has 0 radical (unpaired) electrons. The molecule has 0 aliphatic heterocycles. The van der Waals surface area contributed by atoms with Crippen LogP contribution in [0.5, 0.6) is 5.88 Å². The maximum Gasteiger partial charge on any atom is 0.417 e. The van der Waals surface area contributed by atoms with Crippen LogP contribution in [0.15, 0.2) is 58.5 Å². The highest BCUT2D eigenvalue weighted by Gasteiger charge is 2.27. The number of ether oxygens (including phenoxy) is 1. The van der Waals surface area contributed by atoms with Crippen molar-refractivity contribution in [2.75, 3.05) is 21.2 Å². The number of nitrogens with one attached hydrogen (secondary N) is 2. The van der Waals surface area contributed by atoms with E-state index < -0.39 is 5.91 Å². The molecule has 0 fully saturated rings. The van der Waals surface area contributed by atoms with Crippen molar-refractivity contribution in [3.05, 3.63) is 59.2 Å². The fraction of sp³-hybridized carbons (Fsp3) is 0.176. The molecule has 0 spiro atoms. The Hall–Kier alpha value is -3.42. The Labute approximate surface area is 145 Å². The van der Waals surface area contributed by atoms with E-state index in [4.69, 9.17) is 10.1 Å². The van der Waals surface area contributed by atoms with Crippen molar-refractivity contribution < 1.29 is 19.5 Å². The third-order valence-electron chi connectivity index (χ3n) is 3.50. The number of hydrogen-bond donors (Lipinski definition) is 3. The van der Waals surface area contributed by atoms with Crippen molar-refractivity contribution in [3.8, 4) is 5.88 Å². The summed E-state index contributed by atoms with van der Waals surface area (Å²) in [4.78, 5) is 18.0. The lowest BCUT2D eigenvalue weighted by molar-refractivity contribution is -0.907. The maximum absolute atomic E-state index is 12.6. The van der Waals surface area contributed by atoms with Crippen molar-refractivity contribution in [2.24, 2.45) is 4.99 Å². The molecule has 2 rings (SSSR count). The molecule has 1 aliphatic carbocycles. The van der Waals surface area contributed by atoms with Crippen LogP contribution < -0.4 is 14.8 Å². The van der Waals surface area contributed by atoms with Gasteiger partial charge in [-0.15, -0.1) is 0 Å². The van der Waals surface area contributed by atoms with Crippen LogP contribution >= 0.6 is 0 Å². The highest BCUT2D eigenvalue weighted by molar-refractivity contribution is 6.10. The van der Waals surface area contributed by atoms with Gasteiger partial charge in [0.2, 0.25) is 0 Å². The molecule has 1 aromatic rings. The molecule has 0 unspecified atom stereocenters. The first-order valence-corrected chi connectivity index (χ1v) is 7.34. The largest absolute Gasteiger partial charge is 0.445 e. The molecule has 8 heteroatoms. The quantitative estimate of drug-likeness (QED) is 0.420. The van der Waals surface area contributed by atoms with Gasteiger partial charge in [-0.1, -0.05) is 0 Å². The van der Waals surface area contributed by atoms with E-state index in [2.05, 4.69) is 17.0 Å². The van der Waals surface area contributed by atoms with E-state index in [-0.39, 0.29) is 17.3 Å². The van der Waals surface area contributed by atoms with Crippen molar-refractivity contribution in [3.63, 3.8) is 0 Å². The zero-order chi connectivity index (χ0) is 18.6. The fourth-order valence-electron chi connectivity index (χ4n) is 2.27. The van der Waals surface area contributed by atoms with Gasteiger partial charge in [0.1, 0.15) is 0 Å². The normalized spacial score (nSPS) is 15.3. The number of nitrogens with zero attached hydrogens (tertiary/aromatic N) is 3. The monoisotopic (exact) mass is 342 g/mol. The molecule has 1 heterocycles. The molecule has 0 aromatic carbocycles. The summed E-state index contributed by atoms with van der Waals surface area (Å²) in [6.07, 6.45) is 4.69. The Morgan fingerprint density at radius 3 is 2.76 bits per heavy atom. The zero-order valence-corrected chi connectivity index (χ0v) is 14.3. The molecule has 1 amide bonds. The predicted octanol–water partition coefficient (Wildman–Crippen LogP) is 0.897. The summed E-state index contributed by atoms with van der Waals surface area (Å²) in [6, 6.07) is 4.59. The second-order valence-electron chi connectivity index (χ2n) is 5.38. The minimum absolute atomic E-state index is 0.00591. The minimum Gasteiger partial charge on any atom is -0.445 e. The number of methoxy groups -OCH3 is 1. The summed E-state index contributed by atoms with van der Waals surface area (Å²) in [6.45, 7) is 3.39. The fourth-order valence-corrected chi connectivity index (χ4v) is 2.27. The second kappa shape index (κ2) is 7.43. The minimum atomic E-state index is -0.528. The van der Waals surface area contributed by atoms with Gasteiger partial charge in [0.15, 0.2) is 0 Å². The van der Waals surface area contributed by atoms with Crippen LogP contribution in [0.1, 0.15) is 10.5 Å². The molecule has 1 aromatic heterocycles. The van der Waals surface area contributed by atoms with Crippen molar-refractivity contribution in [2.45, 2.75) is 0 Å². The van der Waals surface area contributed by atoms with Crippen LogP contribution in [-0.4, -0.2) is 49.6 Å². The van der Waals surface area contributed by atoms with Gasteiger partial charge in [0, 0.05) is 31.9 Å². The van der Waals surface area contributed by atoms with E-state index in [1.807, 2.05) is 0 Å². The average Bonchev–Trinajstić information content (AvgIpc) is 2.57. The number of aliphatic imine (C=N–C) groups is 1. The number of likely N-dealkylation sites (N-methyl/N-ethyl adjacent to an activating group) is 1. The van der Waals surface area contributed by atoms with Crippen LogP contribution in [-0.2, 0) is 0 Å². The molecule has 130 valence electrons. The van der Waals surface area contributed by atoms with Crippen molar-refractivity contribution in [1.29, 1.82) is 5.41 Å². The van der Waals surface area contributed by atoms with Gasteiger partial charge in [-0.2, -0.15) is 0 Å². The molecule has 0 bridgehead atoms. The molecule has 8 nitrogen and oxygen atoms in total. The van der Waals surface area contributed by atoms with Gasteiger partial charge in [-0.05, 0) is 24.9 Å². The molecule has 1 aliphatic rings. The summed E-state index contributed by atoms with van der Waals surface area (Å²) < 4.78 is 5.66. The molecule has 0 saturated heterocycles. The lowest BCUT2D eigenvalue weighted by Crippen LogP contribution is -2.43. The molecular formula is C17H20N5O3+. The standard InChI is InChI=1S/C17H19N5O3/c1-19-10-11-8-13(15(21(2)3)9-12(11)18)20-17(23)14-6-5-7-16(25-4)22(14)24/h5-10,18H,1H2,2-4H3,(H-,20,23,24)/p+1. The number of carbonyl (C=O) groups excluding carboxylic acids is 1. The maximum atomic E-state index is 12.6. The van der Waals surface area contributed by atoms with Crippen LogP contribution in [0, 0.1) is 5.41 Å². The van der Waals surface area contributed by atoms with Crippen LogP contribution in [0.4, 0.5) is 0 Å². The lowest BCUT2D eigenvalue weighted by atomic mass is 10.0. The number of allylic oxidation sites excluding steroid dienone is 3. The number of aromatic nitrogens is 1. The summed E-state index contributed by atoms with van der Waals surface area (Å²) in [7, 11) is 5.00. The summed E-state index contributed by atoms with van der Waals surface area (Å²) >= 11 is 0. The van der Waals surface area contributed by atoms with Gasteiger partial charge in [-0.3, -0.25) is 15.0 Å². The highest BCUT2D eigenvalue weighted by Crippen LogP contribution is 2.20. The van der Waals surface area contributed by atoms with Gasteiger partial charge in [0.25, 0.3) is 0 Å². The number of hydrogen-bond acceptors (Lipinski definition) is 6. The van der Waals surface area contributed by atoms with E-state index >= 15 is 0 Å². The summed E-state index contributed by atoms with van der Waals surface area (Å²) in [5.74, 6) is -0.397. The lowest BCUT2D eigenvalue weighted by Gasteiger charge is -2.24. The molecule has 25 heavy (non-hydrogen) atoms. The topological polar surface area (TPSA) is 102 Å². The Bertz CT molecular complexity index is 822. The Morgan fingerprint density at radius 2 is 2.16 bits per heavy atom. The first-order valence-electron chi connectivity index (χ1n) is 7.34. The second-order valence-corrected chi connectivity index (χ2v) is 5.38. The number of carbonyl (C=O) groups is 1. The van der Waals surface area contributed by atoms with Gasteiger partial charge >= 0.3 is 17.5 Å². The number of amides is 1. The highest BCUT2D eigenvalue weighted by atomic mass is 16.5. The van der Waals surface area contributed by atoms with E-state index in [0.29, 0.717) is 21.7 Å². The molecule has 3 N–H and O–H groups in total. The smallest absolute Gasteiger partial charge is 0.417 e. The summed E-state index contributed by atoms with van der Waals surface area (Å²) in [5.41, 5.74) is 1.90. The van der Waals surface area contributed by atoms with E-state index in [9.17, 15) is 10.0 Å². The van der Waals surface area contributed by atoms with Crippen molar-refractivity contribution in [1.82, 2.24) is 10.2 Å². The Balaban J connectivity index is 2.39. The van der Waals surface area contributed by atoms with Gasteiger partial charge < -0.3 is 20.4 Å².